The van der Waals surface area contributed by atoms with Gasteiger partial charge in [-0.2, -0.15) is 0 Å². The molecule has 0 aromatic heterocycles. The van der Waals surface area contributed by atoms with Crippen LogP contribution in [0.25, 0.3) is 0 Å². The van der Waals surface area contributed by atoms with Gasteiger partial charge in [0.25, 0.3) is 0 Å². The Morgan fingerprint density at radius 1 is 0.264 bits per heavy atom. The Morgan fingerprint density at radius 2 is 0.458 bits per heavy atom. The van der Waals surface area contributed by atoms with E-state index in [1.807, 2.05) is 0 Å². The summed E-state index contributed by atoms with van der Waals surface area (Å²) in [5, 5.41) is 0. The van der Waals surface area contributed by atoms with Gasteiger partial charge in [-0.25, -0.2) is 0 Å². The molecule has 0 N–H and O–H groups in total. The molecule has 6 nitrogen and oxygen atoms in total. The number of unbranched alkanes of at least 4 members (excludes halogenated alkanes) is 48. The SMILES string of the molecule is CCCCC/C=C\CCCCCCCC(=O)OCC(COC(=O)CCCCCCCCCCCCCCCCCCCCCCCC)OC(=O)CCCCCCCCCCCCCCCCCCCCCC. The van der Waals surface area contributed by atoms with Crippen LogP contribution in [0.4, 0.5) is 0 Å². The molecule has 0 saturated heterocycles. The van der Waals surface area contributed by atoms with Crippen molar-refractivity contribution in [2.45, 2.75) is 380 Å². The molecule has 0 heterocycles. The first-order valence-electron chi connectivity index (χ1n) is 32.7. The fourth-order valence-electron chi connectivity index (χ4n) is 10.1. The standard InChI is InChI=1S/C66H126O6/c1-4-7-10-13-16-19-22-25-27-29-31-33-34-36-37-39-41-44-47-50-53-56-59-65(68)71-62-63(61-70-64(67)58-55-52-49-46-43-24-21-18-15-12-9-6-3)72-66(69)60-57-54-51-48-45-42-40-38-35-32-30-28-26-23-20-17-14-11-8-5-2/h18,21,63H,4-17,19-20,22-62H2,1-3H3/b21-18-. The molecule has 72 heavy (non-hydrogen) atoms. The van der Waals surface area contributed by atoms with Gasteiger partial charge in [-0.3, -0.25) is 14.4 Å². The average molecular weight is 1020 g/mol. The second-order valence-corrected chi connectivity index (χ2v) is 22.4. The second kappa shape index (κ2) is 61.7. The van der Waals surface area contributed by atoms with Crippen molar-refractivity contribution in [2.24, 2.45) is 0 Å². The van der Waals surface area contributed by atoms with Crippen molar-refractivity contribution in [3.63, 3.8) is 0 Å². The van der Waals surface area contributed by atoms with E-state index >= 15 is 0 Å². The highest BCUT2D eigenvalue weighted by atomic mass is 16.6. The van der Waals surface area contributed by atoms with E-state index in [-0.39, 0.29) is 31.1 Å². The quantitative estimate of drug-likeness (QED) is 0.0261. The monoisotopic (exact) mass is 1010 g/mol. The second-order valence-electron chi connectivity index (χ2n) is 22.4. The Morgan fingerprint density at radius 3 is 0.722 bits per heavy atom. The lowest BCUT2D eigenvalue weighted by atomic mass is 10.0. The lowest BCUT2D eigenvalue weighted by Gasteiger charge is -2.18. The summed E-state index contributed by atoms with van der Waals surface area (Å²) in [6.45, 7) is 6.69. The van der Waals surface area contributed by atoms with Gasteiger partial charge >= 0.3 is 17.9 Å². The van der Waals surface area contributed by atoms with E-state index in [9.17, 15) is 14.4 Å². The van der Waals surface area contributed by atoms with Gasteiger partial charge in [-0.05, 0) is 44.9 Å². The highest BCUT2D eigenvalue weighted by Gasteiger charge is 2.19. The van der Waals surface area contributed by atoms with E-state index in [0.29, 0.717) is 19.3 Å². The summed E-state index contributed by atoms with van der Waals surface area (Å²) >= 11 is 0. The van der Waals surface area contributed by atoms with Crippen molar-refractivity contribution in [3.8, 4) is 0 Å². The molecular weight excluding hydrogens is 889 g/mol. The number of carbonyl (C=O) groups excluding carboxylic acids is 3. The van der Waals surface area contributed by atoms with E-state index in [1.54, 1.807) is 0 Å². The molecule has 1 unspecified atom stereocenters. The Labute approximate surface area is 450 Å². The van der Waals surface area contributed by atoms with E-state index in [1.165, 1.54) is 270 Å². The van der Waals surface area contributed by atoms with Crippen LogP contribution in [0.15, 0.2) is 12.2 Å². The predicted molar refractivity (Wildman–Crippen MR) is 312 cm³/mol. The van der Waals surface area contributed by atoms with Gasteiger partial charge in [0.05, 0.1) is 0 Å². The van der Waals surface area contributed by atoms with Gasteiger partial charge < -0.3 is 14.2 Å². The fraction of sp³-hybridized carbons (Fsp3) is 0.924. The zero-order valence-electron chi connectivity index (χ0n) is 49.0. The van der Waals surface area contributed by atoms with E-state index < -0.39 is 6.10 Å². The Hall–Kier alpha value is -1.85. The Kier molecular flexibility index (Phi) is 60.1. The number of carbonyl (C=O) groups is 3. The third kappa shape index (κ3) is 59.0. The number of rotatable bonds is 61. The van der Waals surface area contributed by atoms with Crippen molar-refractivity contribution < 1.29 is 28.6 Å². The zero-order chi connectivity index (χ0) is 52.2. The number of esters is 3. The molecule has 0 aliphatic heterocycles. The largest absolute Gasteiger partial charge is 0.462 e. The van der Waals surface area contributed by atoms with Gasteiger partial charge in [-0.1, -0.05) is 322 Å². The summed E-state index contributed by atoms with van der Waals surface area (Å²) in [6.07, 6.45) is 72.3. The smallest absolute Gasteiger partial charge is 0.306 e. The molecule has 0 saturated carbocycles. The summed E-state index contributed by atoms with van der Waals surface area (Å²) in [5.74, 6) is -0.845. The molecule has 0 amide bonds. The molecular formula is C66H126O6. The first-order valence-corrected chi connectivity index (χ1v) is 32.7. The minimum Gasteiger partial charge on any atom is -0.462 e. The minimum atomic E-state index is -0.768. The van der Waals surface area contributed by atoms with Crippen LogP contribution < -0.4 is 0 Å². The Bertz CT molecular complexity index is 1120. The van der Waals surface area contributed by atoms with E-state index in [0.717, 1.165) is 64.2 Å². The van der Waals surface area contributed by atoms with Gasteiger partial charge in [0.2, 0.25) is 0 Å². The minimum absolute atomic E-state index is 0.0660. The third-order valence-corrected chi connectivity index (χ3v) is 15.0. The van der Waals surface area contributed by atoms with E-state index in [2.05, 4.69) is 32.9 Å². The van der Waals surface area contributed by atoms with Gasteiger partial charge in [0.1, 0.15) is 13.2 Å². The van der Waals surface area contributed by atoms with Crippen LogP contribution in [0.3, 0.4) is 0 Å². The zero-order valence-corrected chi connectivity index (χ0v) is 49.0. The lowest BCUT2D eigenvalue weighted by molar-refractivity contribution is -0.167. The molecule has 0 aliphatic rings. The average Bonchev–Trinajstić information content (AvgIpc) is 3.38. The maximum absolute atomic E-state index is 12.9. The summed E-state index contributed by atoms with van der Waals surface area (Å²) < 4.78 is 16.9. The van der Waals surface area contributed by atoms with Crippen molar-refractivity contribution in [2.75, 3.05) is 13.2 Å². The van der Waals surface area contributed by atoms with Crippen molar-refractivity contribution in [1.82, 2.24) is 0 Å². The first-order chi connectivity index (χ1) is 35.5. The summed E-state index contributed by atoms with van der Waals surface area (Å²) in [5.41, 5.74) is 0. The molecule has 426 valence electrons. The summed E-state index contributed by atoms with van der Waals surface area (Å²) in [4.78, 5) is 38.3. The molecule has 1 atom stereocenters. The van der Waals surface area contributed by atoms with Crippen LogP contribution in [0.5, 0.6) is 0 Å². The summed E-state index contributed by atoms with van der Waals surface area (Å²) in [7, 11) is 0. The fourth-order valence-corrected chi connectivity index (χ4v) is 10.1. The van der Waals surface area contributed by atoms with Crippen LogP contribution in [0, 0.1) is 0 Å². The molecule has 0 rings (SSSR count). The maximum atomic E-state index is 12.9. The molecule has 0 aliphatic carbocycles. The molecule has 0 aromatic rings. The van der Waals surface area contributed by atoms with Crippen molar-refractivity contribution >= 4 is 17.9 Å². The highest BCUT2D eigenvalue weighted by molar-refractivity contribution is 5.71. The van der Waals surface area contributed by atoms with Gasteiger partial charge in [0.15, 0.2) is 6.10 Å². The first kappa shape index (κ1) is 70.1. The lowest BCUT2D eigenvalue weighted by Crippen LogP contribution is -2.30. The number of allylic oxidation sites excluding steroid dienone is 2. The van der Waals surface area contributed by atoms with Crippen molar-refractivity contribution in [3.05, 3.63) is 12.2 Å². The van der Waals surface area contributed by atoms with Crippen LogP contribution in [-0.4, -0.2) is 37.2 Å². The normalized spacial score (nSPS) is 12.0. The molecule has 0 spiro atoms. The van der Waals surface area contributed by atoms with E-state index in [4.69, 9.17) is 14.2 Å². The number of hydrogen-bond acceptors (Lipinski definition) is 6. The van der Waals surface area contributed by atoms with Gasteiger partial charge in [0, 0.05) is 19.3 Å². The molecule has 6 heteroatoms. The van der Waals surface area contributed by atoms with Crippen molar-refractivity contribution in [1.29, 1.82) is 0 Å². The molecule has 0 radical (unpaired) electrons. The molecule has 0 bridgehead atoms. The third-order valence-electron chi connectivity index (χ3n) is 15.0. The predicted octanol–water partition coefficient (Wildman–Crippen LogP) is 22.1. The molecule has 0 fully saturated rings. The van der Waals surface area contributed by atoms with Crippen LogP contribution in [0.2, 0.25) is 0 Å². The van der Waals surface area contributed by atoms with Crippen LogP contribution in [0.1, 0.15) is 374 Å². The van der Waals surface area contributed by atoms with Gasteiger partial charge in [-0.15, -0.1) is 0 Å². The highest BCUT2D eigenvalue weighted by Crippen LogP contribution is 2.18. The Balaban J connectivity index is 4.22. The summed E-state index contributed by atoms with van der Waals surface area (Å²) in [6, 6.07) is 0. The maximum Gasteiger partial charge on any atom is 0.306 e. The van der Waals surface area contributed by atoms with Crippen LogP contribution in [-0.2, 0) is 28.6 Å². The molecule has 0 aromatic carbocycles. The number of hydrogen-bond donors (Lipinski definition) is 0. The van der Waals surface area contributed by atoms with Crippen LogP contribution >= 0.6 is 0 Å². The topological polar surface area (TPSA) is 78.9 Å². The number of ether oxygens (including phenoxy) is 3.